The van der Waals surface area contributed by atoms with E-state index >= 15 is 0 Å². The predicted octanol–water partition coefficient (Wildman–Crippen LogP) is 6.14. The number of benzene rings is 2. The Balaban J connectivity index is 1.80. The third-order valence-electron chi connectivity index (χ3n) is 5.07. The molecule has 0 saturated carbocycles. The van der Waals surface area contributed by atoms with Crippen LogP contribution in [0.15, 0.2) is 81.5 Å². The Hall–Kier alpha value is -2.88. The first kappa shape index (κ1) is 23.3. The van der Waals surface area contributed by atoms with E-state index in [-0.39, 0.29) is 21.3 Å². The molecule has 0 unspecified atom stereocenters. The zero-order valence-corrected chi connectivity index (χ0v) is 20.2. The van der Waals surface area contributed by atoms with Gasteiger partial charge in [0, 0.05) is 4.90 Å². The van der Waals surface area contributed by atoms with Gasteiger partial charge in [-0.25, -0.2) is 13.4 Å². The molecule has 4 aromatic rings. The van der Waals surface area contributed by atoms with Crippen molar-refractivity contribution in [1.29, 1.82) is 0 Å². The molecule has 33 heavy (non-hydrogen) atoms. The smallest absolute Gasteiger partial charge is 0.352 e. The van der Waals surface area contributed by atoms with Gasteiger partial charge in [0.05, 0.1) is 14.8 Å². The second kappa shape index (κ2) is 9.17. The van der Waals surface area contributed by atoms with Gasteiger partial charge >= 0.3 is 5.82 Å². The van der Waals surface area contributed by atoms with Crippen molar-refractivity contribution in [3.05, 3.63) is 93.3 Å². The van der Waals surface area contributed by atoms with Gasteiger partial charge in [-0.15, -0.1) is 0 Å². The highest BCUT2D eigenvalue weighted by Gasteiger charge is 2.29. The van der Waals surface area contributed by atoms with Crippen molar-refractivity contribution < 1.29 is 13.3 Å². The van der Waals surface area contributed by atoms with Gasteiger partial charge in [-0.3, -0.25) is 0 Å². The number of hydrogen-bond donors (Lipinski definition) is 0. The first-order valence-corrected chi connectivity index (χ1v) is 12.9. The summed E-state index contributed by atoms with van der Waals surface area (Å²) in [6, 6.07) is 17.5. The molecule has 0 radical (unpaired) electrons. The lowest BCUT2D eigenvalue weighted by Gasteiger charge is -2.07. The fourth-order valence-corrected chi connectivity index (χ4v) is 5.93. The van der Waals surface area contributed by atoms with E-state index in [9.17, 15) is 18.5 Å². The largest absolute Gasteiger partial charge is 0.358 e. The number of hydrogen-bond acceptors (Lipinski definition) is 6. The molecule has 10 heteroatoms. The van der Waals surface area contributed by atoms with Crippen molar-refractivity contribution in [3.8, 4) is 0 Å². The van der Waals surface area contributed by atoms with E-state index in [1.807, 2.05) is 24.3 Å². The monoisotopic (exact) mass is 501 g/mol. The Bertz CT molecular complexity index is 1430. The Morgan fingerprint density at radius 2 is 1.79 bits per heavy atom. The molecule has 2 aromatic heterocycles. The molecule has 0 N–H and O–H groups in total. The summed E-state index contributed by atoms with van der Waals surface area (Å²) in [5.41, 5.74) is 1.34. The fourth-order valence-electron chi connectivity index (χ4n) is 3.42. The number of fused-ring (bicyclic) bond motifs is 1. The SMILES string of the molecule is CC(C)c1ccc(Sc2cc(Cl)cn3c([N+](=O)[O-])c(CS(=O)(=O)c4ccccc4)nc23)cc1. The Kier molecular flexibility index (Phi) is 6.47. The molecule has 4 rings (SSSR count). The third-order valence-corrected chi connectivity index (χ3v) is 7.95. The van der Waals surface area contributed by atoms with Gasteiger partial charge < -0.3 is 10.1 Å². The molecule has 0 amide bonds. The molecular weight excluding hydrogens is 482 g/mol. The average Bonchev–Trinajstić information content (AvgIpc) is 3.12. The van der Waals surface area contributed by atoms with Crippen molar-refractivity contribution in [3.63, 3.8) is 0 Å². The van der Waals surface area contributed by atoms with Crippen LogP contribution in [0.25, 0.3) is 5.65 Å². The van der Waals surface area contributed by atoms with Crippen molar-refractivity contribution in [2.45, 2.75) is 40.2 Å². The summed E-state index contributed by atoms with van der Waals surface area (Å²) in [5.74, 6) is -0.616. The number of rotatable bonds is 7. The van der Waals surface area contributed by atoms with Crippen LogP contribution in [-0.4, -0.2) is 22.7 Å². The van der Waals surface area contributed by atoms with E-state index in [1.54, 1.807) is 24.3 Å². The van der Waals surface area contributed by atoms with Crippen molar-refractivity contribution in [2.24, 2.45) is 0 Å². The second-order valence-corrected chi connectivity index (χ2v) is 11.3. The van der Waals surface area contributed by atoms with Gasteiger partial charge in [-0.1, -0.05) is 67.5 Å². The maximum atomic E-state index is 12.9. The molecule has 0 aliphatic heterocycles. The van der Waals surface area contributed by atoms with E-state index in [2.05, 4.69) is 18.8 Å². The number of sulfone groups is 1. The summed E-state index contributed by atoms with van der Waals surface area (Å²) < 4.78 is 27.0. The Labute approximate surface area is 200 Å². The second-order valence-electron chi connectivity index (χ2n) is 7.75. The number of imidazole rings is 1. The van der Waals surface area contributed by atoms with Gasteiger partial charge in [0.15, 0.2) is 15.5 Å². The highest BCUT2D eigenvalue weighted by Crippen LogP contribution is 2.36. The molecule has 2 aromatic carbocycles. The minimum atomic E-state index is -3.83. The van der Waals surface area contributed by atoms with E-state index < -0.39 is 26.3 Å². The molecule has 7 nitrogen and oxygen atoms in total. The molecule has 0 fully saturated rings. The van der Waals surface area contributed by atoms with Gasteiger partial charge in [-0.2, -0.15) is 4.40 Å². The first-order chi connectivity index (χ1) is 15.7. The van der Waals surface area contributed by atoms with Crippen LogP contribution in [-0.2, 0) is 15.6 Å². The van der Waals surface area contributed by atoms with Gasteiger partial charge in [0.2, 0.25) is 5.65 Å². The lowest BCUT2D eigenvalue weighted by atomic mass is 10.0. The maximum absolute atomic E-state index is 12.9. The van der Waals surface area contributed by atoms with E-state index in [0.29, 0.717) is 10.8 Å². The molecule has 170 valence electrons. The summed E-state index contributed by atoms with van der Waals surface area (Å²) in [7, 11) is -3.83. The van der Waals surface area contributed by atoms with Crippen LogP contribution in [0.4, 0.5) is 5.82 Å². The van der Waals surface area contributed by atoms with Crippen LogP contribution in [0, 0.1) is 10.1 Å². The molecular formula is C23H20ClN3O4S2. The number of aromatic nitrogens is 2. The van der Waals surface area contributed by atoms with Crippen molar-refractivity contribution in [2.75, 3.05) is 0 Å². The average molecular weight is 502 g/mol. The molecule has 2 heterocycles. The molecule has 0 aliphatic rings. The zero-order chi connectivity index (χ0) is 23.8. The molecule has 0 bridgehead atoms. The molecule has 0 aliphatic carbocycles. The van der Waals surface area contributed by atoms with E-state index in [4.69, 9.17) is 11.6 Å². The lowest BCUT2D eigenvalue weighted by molar-refractivity contribution is -0.391. The molecule has 0 atom stereocenters. The normalized spacial score (nSPS) is 11.9. The van der Waals surface area contributed by atoms with Crippen LogP contribution >= 0.6 is 23.4 Å². The predicted molar refractivity (Wildman–Crippen MR) is 129 cm³/mol. The topological polar surface area (TPSA) is 94.6 Å². The quantitative estimate of drug-likeness (QED) is 0.223. The summed E-state index contributed by atoms with van der Waals surface area (Å²) in [6.07, 6.45) is 1.38. The van der Waals surface area contributed by atoms with Crippen LogP contribution in [0.2, 0.25) is 5.02 Å². The highest BCUT2D eigenvalue weighted by molar-refractivity contribution is 7.99. The summed E-state index contributed by atoms with van der Waals surface area (Å²) in [4.78, 5) is 17.2. The van der Waals surface area contributed by atoms with Gasteiger partial charge in [-0.05, 0) is 46.7 Å². The highest BCUT2D eigenvalue weighted by atomic mass is 35.5. The van der Waals surface area contributed by atoms with E-state index in [1.165, 1.54) is 40.1 Å². The van der Waals surface area contributed by atoms with Gasteiger partial charge in [0.25, 0.3) is 0 Å². The van der Waals surface area contributed by atoms with Crippen molar-refractivity contribution >= 4 is 44.7 Å². The number of halogens is 1. The van der Waals surface area contributed by atoms with Crippen LogP contribution in [0.3, 0.4) is 0 Å². The third kappa shape index (κ3) is 4.90. The number of nitro groups is 1. The molecule has 0 spiro atoms. The minimum absolute atomic E-state index is 0.0780. The maximum Gasteiger partial charge on any atom is 0.352 e. The fraction of sp³-hybridized carbons (Fsp3) is 0.174. The van der Waals surface area contributed by atoms with Gasteiger partial charge in [0.1, 0.15) is 11.9 Å². The summed E-state index contributed by atoms with van der Waals surface area (Å²) in [5, 5.41) is 12.2. The zero-order valence-electron chi connectivity index (χ0n) is 17.8. The lowest BCUT2D eigenvalue weighted by Crippen LogP contribution is -2.07. The van der Waals surface area contributed by atoms with Crippen LogP contribution < -0.4 is 0 Å². The summed E-state index contributed by atoms with van der Waals surface area (Å²) in [6.45, 7) is 4.22. The van der Waals surface area contributed by atoms with Crippen molar-refractivity contribution in [1.82, 2.24) is 9.38 Å². The Morgan fingerprint density at radius 1 is 1.12 bits per heavy atom. The van der Waals surface area contributed by atoms with Crippen LogP contribution in [0.1, 0.15) is 31.0 Å². The summed E-state index contributed by atoms with van der Waals surface area (Å²) >= 11 is 7.63. The first-order valence-electron chi connectivity index (χ1n) is 10.1. The number of nitrogens with zero attached hydrogens (tertiary/aromatic N) is 3. The van der Waals surface area contributed by atoms with E-state index in [0.717, 1.165) is 4.90 Å². The minimum Gasteiger partial charge on any atom is -0.358 e. The standard InChI is InChI=1S/C23H20ClN3O4S2/c1-15(2)16-8-10-18(11-9-16)32-21-12-17(24)13-26-22(21)25-20(23(26)27(28)29)14-33(30,31)19-6-4-3-5-7-19/h3-13,15H,14H2,1-2H3. The number of pyridine rings is 1. The molecule has 0 saturated heterocycles. The van der Waals surface area contributed by atoms with Crippen LogP contribution in [0.5, 0.6) is 0 Å². The Morgan fingerprint density at radius 3 is 2.39 bits per heavy atom.